The minimum atomic E-state index is -1.38. The largest absolute Gasteiger partial charge is 0.481 e. The average molecular weight is 297 g/mol. The molecule has 0 spiro atoms. The number of carboxylic acids is 3. The second-order valence-electron chi connectivity index (χ2n) is 3.93. The fourth-order valence-electron chi connectivity index (χ4n) is 1.13. The van der Waals surface area contributed by atoms with Crippen molar-refractivity contribution in [3.8, 4) is 0 Å². The van der Waals surface area contributed by atoms with Crippen LogP contribution in [-0.4, -0.2) is 45.1 Å². The number of hydrogen-bond acceptors (Lipinski definition) is 5. The first kappa shape index (κ1) is 18.3. The summed E-state index contributed by atoms with van der Waals surface area (Å²) < 4.78 is 0. The molecule has 0 aromatic heterocycles. The number of benzene rings is 1. The lowest BCUT2D eigenvalue weighted by molar-refractivity contribution is -0.148. The van der Waals surface area contributed by atoms with E-state index in [1.54, 1.807) is 24.3 Å². The topological polar surface area (TPSA) is 155 Å². The van der Waals surface area contributed by atoms with Crippen molar-refractivity contribution in [1.82, 2.24) is 0 Å². The van der Waals surface area contributed by atoms with E-state index in [0.29, 0.717) is 0 Å². The Hall–Kier alpha value is -2.74. The summed E-state index contributed by atoms with van der Waals surface area (Å²) in [6, 6.07) is 7.51. The Morgan fingerprint density at radius 3 is 1.86 bits per heavy atom. The van der Waals surface area contributed by atoms with Gasteiger partial charge in [0.05, 0.1) is 6.42 Å². The van der Waals surface area contributed by atoms with Crippen LogP contribution in [0.2, 0.25) is 0 Å². The third-order valence-electron chi connectivity index (χ3n) is 2.16. The van der Waals surface area contributed by atoms with E-state index >= 15 is 0 Å². The molecule has 1 rings (SSSR count). The van der Waals surface area contributed by atoms with E-state index in [9.17, 15) is 19.2 Å². The summed E-state index contributed by atoms with van der Waals surface area (Å²) in [6.45, 7) is 0. The van der Waals surface area contributed by atoms with Gasteiger partial charge in [-0.1, -0.05) is 30.3 Å². The summed E-state index contributed by atoms with van der Waals surface area (Å²) in [6.07, 6.45) is -0.564. The lowest BCUT2D eigenvalue weighted by Crippen LogP contribution is -2.32. The summed E-state index contributed by atoms with van der Waals surface area (Å²) in [5.41, 5.74) is 5.56. The molecule has 0 saturated carbocycles. The molecule has 8 nitrogen and oxygen atoms in total. The van der Waals surface area contributed by atoms with Crippen LogP contribution in [0.5, 0.6) is 0 Å². The van der Waals surface area contributed by atoms with Crippen LogP contribution in [-0.2, 0) is 25.6 Å². The van der Waals surface area contributed by atoms with Gasteiger partial charge in [-0.2, -0.15) is 0 Å². The van der Waals surface area contributed by atoms with Crippen LogP contribution >= 0.6 is 0 Å². The molecular weight excluding hydrogens is 282 g/mol. The molecule has 0 aliphatic carbocycles. The number of carbonyl (C=O) groups is 4. The Kier molecular flexibility index (Phi) is 8.01. The summed E-state index contributed by atoms with van der Waals surface area (Å²) in [5.74, 6) is -4.65. The predicted octanol–water partition coefficient (Wildman–Crippen LogP) is -0.244. The number of ketones is 1. The number of aliphatic carboxylic acids is 3. The highest BCUT2D eigenvalue weighted by molar-refractivity contribution is 6.33. The minimum Gasteiger partial charge on any atom is -0.481 e. The molecular formula is C13H15NO7. The van der Waals surface area contributed by atoms with Crippen LogP contribution < -0.4 is 5.73 Å². The van der Waals surface area contributed by atoms with Crippen molar-refractivity contribution in [1.29, 1.82) is 0 Å². The molecule has 114 valence electrons. The molecule has 0 aliphatic rings. The summed E-state index contributed by atoms with van der Waals surface area (Å²) >= 11 is 0. The van der Waals surface area contributed by atoms with Crippen molar-refractivity contribution >= 4 is 23.7 Å². The molecule has 0 radical (unpaired) electrons. The van der Waals surface area contributed by atoms with Crippen molar-refractivity contribution in [2.75, 3.05) is 0 Å². The zero-order chi connectivity index (χ0) is 16.4. The fraction of sp³-hybridized carbons (Fsp3) is 0.231. The van der Waals surface area contributed by atoms with Gasteiger partial charge in [0.15, 0.2) is 0 Å². The Bertz CT molecular complexity index is 513. The van der Waals surface area contributed by atoms with Crippen LogP contribution in [0, 0.1) is 0 Å². The molecule has 0 heterocycles. The van der Waals surface area contributed by atoms with Crippen molar-refractivity contribution in [2.45, 2.75) is 18.9 Å². The summed E-state index contributed by atoms with van der Waals surface area (Å²) in [4.78, 5) is 40.5. The van der Waals surface area contributed by atoms with E-state index in [1.807, 2.05) is 6.07 Å². The maximum atomic E-state index is 10.7. The van der Waals surface area contributed by atoms with Gasteiger partial charge in [-0.15, -0.1) is 0 Å². The van der Waals surface area contributed by atoms with Gasteiger partial charge in [-0.05, 0) is 5.56 Å². The quantitative estimate of drug-likeness (QED) is 0.524. The zero-order valence-electron chi connectivity index (χ0n) is 10.9. The van der Waals surface area contributed by atoms with E-state index in [-0.39, 0.29) is 6.42 Å². The Balaban J connectivity index is 0.000000400. The Labute approximate surface area is 119 Å². The highest BCUT2D eigenvalue weighted by atomic mass is 16.4. The third kappa shape index (κ3) is 8.89. The van der Waals surface area contributed by atoms with Crippen molar-refractivity contribution in [3.63, 3.8) is 0 Å². The number of carbonyl (C=O) groups excluding carboxylic acids is 1. The maximum absolute atomic E-state index is 10.7. The molecule has 0 fully saturated rings. The third-order valence-corrected chi connectivity index (χ3v) is 2.16. The number of hydrogen-bond donors (Lipinski definition) is 4. The first-order chi connectivity index (χ1) is 9.73. The van der Waals surface area contributed by atoms with E-state index in [4.69, 9.17) is 21.1 Å². The molecule has 0 bridgehead atoms. The number of rotatable bonds is 6. The van der Waals surface area contributed by atoms with E-state index < -0.39 is 36.2 Å². The highest BCUT2D eigenvalue weighted by Gasteiger charge is 2.14. The molecule has 21 heavy (non-hydrogen) atoms. The van der Waals surface area contributed by atoms with E-state index in [0.717, 1.165) is 5.56 Å². The van der Waals surface area contributed by atoms with Crippen molar-refractivity contribution < 1.29 is 34.5 Å². The van der Waals surface area contributed by atoms with Gasteiger partial charge in [0.25, 0.3) is 0 Å². The zero-order valence-corrected chi connectivity index (χ0v) is 10.9. The second-order valence-corrected chi connectivity index (χ2v) is 3.93. The first-order valence-corrected chi connectivity index (χ1v) is 5.74. The predicted molar refractivity (Wildman–Crippen MR) is 70.7 cm³/mol. The van der Waals surface area contributed by atoms with Crippen LogP contribution in [0.1, 0.15) is 12.0 Å². The van der Waals surface area contributed by atoms with Gasteiger partial charge in [-0.25, -0.2) is 4.79 Å². The lowest BCUT2D eigenvalue weighted by atomic mass is 10.1. The number of Topliss-reactive ketones (excluding diaryl/α,β-unsaturated/α-hetero) is 1. The van der Waals surface area contributed by atoms with Gasteiger partial charge in [0, 0.05) is 6.42 Å². The molecule has 0 aliphatic heterocycles. The maximum Gasteiger partial charge on any atom is 0.372 e. The number of nitrogens with two attached hydrogens (primary N) is 1. The van der Waals surface area contributed by atoms with Crippen LogP contribution in [0.15, 0.2) is 30.3 Å². The smallest absolute Gasteiger partial charge is 0.372 e. The summed E-state index contributed by atoms with van der Waals surface area (Å²) in [5, 5.41) is 24.3. The standard InChI is InChI=1S/C9H8O3.C4H7NO4/c10-8(9(11)12)6-7-4-2-1-3-5-7;5-2(4(8)9)1-3(6)7/h1-5H,6H2,(H,11,12);2H,1,5H2,(H,6,7)(H,8,9). The molecule has 5 N–H and O–H groups in total. The fourth-order valence-corrected chi connectivity index (χ4v) is 1.13. The summed E-state index contributed by atoms with van der Waals surface area (Å²) in [7, 11) is 0. The van der Waals surface area contributed by atoms with Crippen LogP contribution in [0.4, 0.5) is 0 Å². The van der Waals surface area contributed by atoms with E-state index in [1.165, 1.54) is 0 Å². The number of carboxylic acid groups (broad SMARTS) is 3. The highest BCUT2D eigenvalue weighted by Crippen LogP contribution is 1.99. The van der Waals surface area contributed by atoms with Crippen LogP contribution in [0.25, 0.3) is 0 Å². The van der Waals surface area contributed by atoms with Gasteiger partial charge < -0.3 is 21.1 Å². The minimum absolute atomic E-state index is 0.0316. The van der Waals surface area contributed by atoms with Crippen molar-refractivity contribution in [3.05, 3.63) is 35.9 Å². The van der Waals surface area contributed by atoms with Gasteiger partial charge in [0.2, 0.25) is 5.78 Å². The van der Waals surface area contributed by atoms with Gasteiger partial charge in [-0.3, -0.25) is 14.4 Å². The molecule has 1 atom stereocenters. The van der Waals surface area contributed by atoms with Crippen LogP contribution in [0.3, 0.4) is 0 Å². The van der Waals surface area contributed by atoms with E-state index in [2.05, 4.69) is 0 Å². The van der Waals surface area contributed by atoms with Crippen molar-refractivity contribution in [2.24, 2.45) is 5.73 Å². The molecule has 1 aromatic carbocycles. The molecule has 1 aromatic rings. The molecule has 1 unspecified atom stereocenters. The lowest BCUT2D eigenvalue weighted by Gasteiger charge is -1.99. The molecule has 0 amide bonds. The molecule has 8 heteroatoms. The average Bonchev–Trinajstić information content (AvgIpc) is 2.39. The first-order valence-electron chi connectivity index (χ1n) is 5.74. The van der Waals surface area contributed by atoms with Gasteiger partial charge in [0.1, 0.15) is 6.04 Å². The second kappa shape index (κ2) is 9.21. The Morgan fingerprint density at radius 2 is 1.52 bits per heavy atom. The normalized spacial score (nSPS) is 10.7. The van der Waals surface area contributed by atoms with Gasteiger partial charge >= 0.3 is 17.9 Å². The molecule has 0 saturated heterocycles. The monoisotopic (exact) mass is 297 g/mol. The Morgan fingerprint density at radius 1 is 1.00 bits per heavy atom. The SMILES string of the molecule is NC(CC(=O)O)C(=O)O.O=C(O)C(=O)Cc1ccccc1.